The van der Waals surface area contributed by atoms with Crippen molar-refractivity contribution in [1.82, 2.24) is 0 Å². The second-order valence-electron chi connectivity index (χ2n) is 1.51. The molecule has 0 fully saturated rings. The summed E-state index contributed by atoms with van der Waals surface area (Å²) in [7, 11) is 0. The molecule has 0 saturated carbocycles. The molecule has 0 aliphatic heterocycles. The number of aryl methyl sites for hydroxylation is 1. The van der Waals surface area contributed by atoms with E-state index in [4.69, 9.17) is 4.42 Å². The minimum Gasteiger partial charge on any atom is -0.407 e. The SMILES string of the molecule is Cc1ccc([NH+]=O)o1. The maximum atomic E-state index is 9.80. The maximum absolute atomic E-state index is 9.80. The Hall–Kier alpha value is -1.12. The zero-order valence-electron chi connectivity index (χ0n) is 4.47. The standard InChI is InChI=1S/C5H5NO2/c1-4-2-3-5(6-7)8-4/h2-3H,1H3/p+1. The molecule has 3 heteroatoms. The fourth-order valence-corrected chi connectivity index (χ4v) is 0.489. The quantitative estimate of drug-likeness (QED) is 0.558. The van der Waals surface area contributed by atoms with Gasteiger partial charge in [-0.3, -0.25) is 0 Å². The Kier molecular flexibility index (Phi) is 1.12. The molecule has 0 saturated heterocycles. The largest absolute Gasteiger partial charge is 0.418 e. The number of nitroso groups, excluding NO2 is 1. The zero-order valence-corrected chi connectivity index (χ0v) is 4.47. The van der Waals surface area contributed by atoms with Gasteiger partial charge in [-0.1, -0.05) is 0 Å². The van der Waals surface area contributed by atoms with Gasteiger partial charge in [0.2, 0.25) is 0 Å². The van der Waals surface area contributed by atoms with Crippen molar-refractivity contribution in [3.63, 3.8) is 0 Å². The number of hydrogen-bond acceptors (Lipinski definition) is 2. The van der Waals surface area contributed by atoms with Gasteiger partial charge >= 0.3 is 5.88 Å². The summed E-state index contributed by atoms with van der Waals surface area (Å²) in [5.74, 6) is 1.01. The average molecular weight is 112 g/mol. The third kappa shape index (κ3) is 0.753. The van der Waals surface area contributed by atoms with Gasteiger partial charge in [-0.15, -0.1) is 0 Å². The Morgan fingerprint density at radius 2 is 2.38 bits per heavy atom. The van der Waals surface area contributed by atoms with Gasteiger partial charge in [0.1, 0.15) is 5.76 Å². The number of hydrogen-bond donors (Lipinski definition) is 1. The molecule has 0 radical (unpaired) electrons. The monoisotopic (exact) mass is 112 g/mol. The van der Waals surface area contributed by atoms with Gasteiger partial charge < -0.3 is 4.42 Å². The van der Waals surface area contributed by atoms with Crippen LogP contribution in [0, 0.1) is 11.8 Å². The van der Waals surface area contributed by atoms with E-state index in [9.17, 15) is 4.91 Å². The topological polar surface area (TPSA) is 44.2 Å². The van der Waals surface area contributed by atoms with Crippen LogP contribution in [0.15, 0.2) is 16.5 Å². The van der Waals surface area contributed by atoms with Gasteiger partial charge in [0, 0.05) is 4.91 Å². The lowest BCUT2D eigenvalue weighted by molar-refractivity contribution is -0.398. The Labute approximate surface area is 46.3 Å². The molecular weight excluding hydrogens is 106 g/mol. The van der Waals surface area contributed by atoms with Crippen molar-refractivity contribution in [2.75, 3.05) is 0 Å². The van der Waals surface area contributed by atoms with Gasteiger partial charge in [-0.25, -0.2) is 0 Å². The third-order valence-corrected chi connectivity index (χ3v) is 0.841. The molecule has 1 N–H and O–H groups in total. The fourth-order valence-electron chi connectivity index (χ4n) is 0.489. The van der Waals surface area contributed by atoms with Crippen LogP contribution in [-0.4, -0.2) is 0 Å². The molecule has 0 aliphatic carbocycles. The molecule has 1 heterocycles. The molecule has 0 spiro atoms. The van der Waals surface area contributed by atoms with Crippen molar-refractivity contribution in [3.8, 4) is 0 Å². The van der Waals surface area contributed by atoms with Crippen molar-refractivity contribution >= 4 is 5.88 Å². The fraction of sp³-hybridized carbons (Fsp3) is 0.200. The first kappa shape index (κ1) is 5.03. The summed E-state index contributed by atoms with van der Waals surface area (Å²) in [6.45, 7) is 1.78. The molecule has 0 amide bonds. The maximum Gasteiger partial charge on any atom is 0.418 e. The van der Waals surface area contributed by atoms with Crippen LogP contribution in [0.2, 0.25) is 0 Å². The smallest absolute Gasteiger partial charge is 0.407 e. The predicted molar refractivity (Wildman–Crippen MR) is 27.4 cm³/mol. The van der Waals surface area contributed by atoms with Gasteiger partial charge in [-0.05, 0) is 13.0 Å². The minimum atomic E-state index is 0.266. The van der Waals surface area contributed by atoms with Crippen molar-refractivity contribution in [1.29, 1.82) is 0 Å². The lowest BCUT2D eigenvalue weighted by Gasteiger charge is -1.70. The lowest BCUT2D eigenvalue weighted by atomic mass is 10.5. The highest BCUT2D eigenvalue weighted by Crippen LogP contribution is 2.04. The molecule has 1 aromatic heterocycles. The summed E-state index contributed by atoms with van der Waals surface area (Å²) in [4.78, 5) is 9.80. The molecule has 0 aliphatic rings. The Bertz CT molecular complexity index is 192. The minimum absolute atomic E-state index is 0.266. The third-order valence-electron chi connectivity index (χ3n) is 0.841. The highest BCUT2D eigenvalue weighted by Gasteiger charge is 2.00. The van der Waals surface area contributed by atoms with Gasteiger partial charge in [0.25, 0.3) is 0 Å². The van der Waals surface area contributed by atoms with Crippen LogP contribution in [-0.2, 0) is 0 Å². The molecule has 0 bridgehead atoms. The second kappa shape index (κ2) is 1.78. The van der Waals surface area contributed by atoms with E-state index < -0.39 is 0 Å². The Morgan fingerprint density at radius 3 is 2.62 bits per heavy atom. The first-order valence-electron chi connectivity index (χ1n) is 2.27. The molecule has 0 atom stereocenters. The average Bonchev–Trinajstić information content (AvgIpc) is 2.14. The van der Waals surface area contributed by atoms with E-state index in [1.807, 2.05) is 0 Å². The van der Waals surface area contributed by atoms with Crippen molar-refractivity contribution in [3.05, 3.63) is 22.8 Å². The molecular formula is C5H6NO2+. The first-order chi connectivity index (χ1) is 3.83. The van der Waals surface area contributed by atoms with Gasteiger partial charge in [-0.2, -0.15) is 0 Å². The lowest BCUT2D eigenvalue weighted by Crippen LogP contribution is -2.55. The summed E-state index contributed by atoms with van der Waals surface area (Å²) in [5, 5.41) is 1.63. The van der Waals surface area contributed by atoms with Crippen LogP contribution in [0.5, 0.6) is 0 Å². The van der Waals surface area contributed by atoms with Crippen LogP contribution >= 0.6 is 0 Å². The van der Waals surface area contributed by atoms with Gasteiger partial charge in [0.05, 0.1) is 11.2 Å². The van der Waals surface area contributed by atoms with E-state index in [0.717, 1.165) is 5.76 Å². The van der Waals surface area contributed by atoms with E-state index in [-0.39, 0.29) is 5.88 Å². The van der Waals surface area contributed by atoms with Crippen LogP contribution in [0.3, 0.4) is 0 Å². The molecule has 3 nitrogen and oxygen atoms in total. The number of furan rings is 1. The van der Waals surface area contributed by atoms with E-state index >= 15 is 0 Å². The van der Waals surface area contributed by atoms with Crippen LogP contribution in [0.1, 0.15) is 5.76 Å². The summed E-state index contributed by atoms with van der Waals surface area (Å²) in [6.07, 6.45) is 0. The number of nitrogens with one attached hydrogen (secondary N) is 1. The number of rotatable bonds is 1. The van der Waals surface area contributed by atoms with E-state index in [0.29, 0.717) is 0 Å². The highest BCUT2D eigenvalue weighted by atomic mass is 16.4. The first-order valence-corrected chi connectivity index (χ1v) is 2.27. The predicted octanol–water partition coefficient (Wildman–Crippen LogP) is 0.0665. The molecule has 0 unspecified atom stereocenters. The van der Waals surface area contributed by atoms with E-state index in [1.54, 1.807) is 24.2 Å². The molecule has 8 heavy (non-hydrogen) atoms. The highest BCUT2D eigenvalue weighted by molar-refractivity contribution is 5.14. The molecule has 1 rings (SSSR count). The van der Waals surface area contributed by atoms with E-state index in [1.165, 1.54) is 0 Å². The summed E-state index contributed by atoms with van der Waals surface area (Å²) >= 11 is 0. The van der Waals surface area contributed by atoms with Gasteiger partial charge in [0.15, 0.2) is 0 Å². The van der Waals surface area contributed by atoms with Crippen molar-refractivity contribution in [2.45, 2.75) is 6.92 Å². The summed E-state index contributed by atoms with van der Waals surface area (Å²) in [6, 6.07) is 3.31. The molecule has 1 aromatic rings. The summed E-state index contributed by atoms with van der Waals surface area (Å²) in [5.41, 5.74) is 0. The second-order valence-corrected chi connectivity index (χ2v) is 1.51. The molecule has 0 aromatic carbocycles. The molecule has 42 valence electrons. The Balaban J connectivity index is 3.00. The van der Waals surface area contributed by atoms with Crippen LogP contribution in [0.25, 0.3) is 0 Å². The van der Waals surface area contributed by atoms with E-state index in [2.05, 4.69) is 0 Å². The van der Waals surface area contributed by atoms with Crippen molar-refractivity contribution in [2.24, 2.45) is 0 Å². The van der Waals surface area contributed by atoms with Crippen LogP contribution in [0.4, 0.5) is 5.88 Å². The Morgan fingerprint density at radius 1 is 1.62 bits per heavy atom. The van der Waals surface area contributed by atoms with Crippen molar-refractivity contribution < 1.29 is 9.59 Å². The normalized spacial score (nSPS) is 9.12. The summed E-state index contributed by atoms with van der Waals surface area (Å²) < 4.78 is 4.81. The van der Waals surface area contributed by atoms with Crippen LogP contribution < -0.4 is 5.18 Å². The zero-order chi connectivity index (χ0) is 5.98.